The van der Waals surface area contributed by atoms with Gasteiger partial charge in [0, 0.05) is 36.6 Å². The van der Waals surface area contributed by atoms with Crippen LogP contribution in [0.25, 0.3) is 0 Å². The Balaban J connectivity index is 1.58. The summed E-state index contributed by atoms with van der Waals surface area (Å²) < 4.78 is 0. The van der Waals surface area contributed by atoms with E-state index in [0.717, 1.165) is 32.6 Å². The van der Waals surface area contributed by atoms with Crippen molar-refractivity contribution in [3.05, 3.63) is 29.8 Å². The molecule has 162 valence electrons. The summed E-state index contributed by atoms with van der Waals surface area (Å²) in [7, 11) is 0. The molecular weight excluding hydrogens is 380 g/mol. The second-order valence-electron chi connectivity index (χ2n) is 8.34. The van der Waals surface area contributed by atoms with Crippen molar-refractivity contribution in [2.24, 2.45) is 0 Å². The van der Waals surface area contributed by atoms with Gasteiger partial charge in [0.25, 0.3) is 0 Å². The molecule has 1 aromatic carbocycles. The van der Waals surface area contributed by atoms with Crippen molar-refractivity contribution in [2.45, 2.75) is 69.1 Å². The van der Waals surface area contributed by atoms with Crippen LogP contribution in [0.5, 0.6) is 0 Å². The quantitative estimate of drug-likeness (QED) is 0.604. The number of piperidine rings is 1. The second kappa shape index (κ2) is 11.3. The smallest absolute Gasteiger partial charge is 0.237 e. The van der Waals surface area contributed by atoms with Crippen LogP contribution in [0.15, 0.2) is 29.2 Å². The van der Waals surface area contributed by atoms with Gasteiger partial charge in [-0.2, -0.15) is 0 Å². The lowest BCUT2D eigenvalue weighted by Gasteiger charge is -2.38. The van der Waals surface area contributed by atoms with Gasteiger partial charge in [0.15, 0.2) is 0 Å². The normalized spacial score (nSPS) is 24.1. The highest BCUT2D eigenvalue weighted by atomic mass is 32.2. The van der Waals surface area contributed by atoms with Crippen molar-refractivity contribution in [3.8, 4) is 0 Å². The molecule has 2 N–H and O–H groups in total. The van der Waals surface area contributed by atoms with E-state index in [1.165, 1.54) is 36.3 Å². The molecule has 2 fully saturated rings. The van der Waals surface area contributed by atoms with Crippen LogP contribution in [0.1, 0.15) is 45.1 Å². The van der Waals surface area contributed by atoms with E-state index in [4.69, 9.17) is 0 Å². The molecule has 0 unspecified atom stereocenters. The molecule has 0 aromatic heterocycles. The Morgan fingerprint density at radius 2 is 1.90 bits per heavy atom. The number of thioether (sulfide) groups is 1. The van der Waals surface area contributed by atoms with Gasteiger partial charge in [0.1, 0.15) is 0 Å². The molecule has 3 rings (SSSR count). The van der Waals surface area contributed by atoms with Crippen LogP contribution in [-0.2, 0) is 11.3 Å². The third-order valence-corrected chi connectivity index (χ3v) is 7.06. The molecule has 0 saturated carbocycles. The van der Waals surface area contributed by atoms with Crippen LogP contribution in [0.4, 0.5) is 0 Å². The van der Waals surface area contributed by atoms with E-state index < -0.39 is 0 Å². The van der Waals surface area contributed by atoms with Gasteiger partial charge >= 0.3 is 0 Å². The first-order chi connectivity index (χ1) is 14.1. The summed E-state index contributed by atoms with van der Waals surface area (Å²) in [5.41, 5.74) is 1.31. The summed E-state index contributed by atoms with van der Waals surface area (Å²) in [5.74, 6) is 0.206. The third-order valence-electron chi connectivity index (χ3n) is 6.31. The van der Waals surface area contributed by atoms with Gasteiger partial charge < -0.3 is 15.5 Å². The fraction of sp³-hybridized carbons (Fsp3) is 0.696. The maximum absolute atomic E-state index is 12.8. The highest BCUT2D eigenvalue weighted by Crippen LogP contribution is 2.27. The molecule has 0 bridgehead atoms. The molecule has 0 aliphatic carbocycles. The van der Waals surface area contributed by atoms with Crippen molar-refractivity contribution in [1.29, 1.82) is 0 Å². The highest BCUT2D eigenvalue weighted by Gasteiger charge is 2.40. The summed E-state index contributed by atoms with van der Waals surface area (Å²) in [6.45, 7) is 10.3. The molecule has 6 heteroatoms. The third kappa shape index (κ3) is 6.20. The molecule has 2 saturated heterocycles. The number of nitrogens with zero attached hydrogens (tertiary/aromatic N) is 2. The molecular formula is C23H38N4OS. The van der Waals surface area contributed by atoms with Crippen molar-refractivity contribution < 1.29 is 4.79 Å². The Bertz CT molecular complexity index is 630. The standard InChI is InChI=1S/C23H38N4OS/c1-4-12-26-13-10-20(11-14-26)27-17-19(15-22(27)23(28)24-5-2)25-16-18-6-8-21(29-3)9-7-18/h6-9,19-20,22,25H,4-5,10-17H2,1-3H3,(H,24,28)/t19-,22+/m1/s1. The monoisotopic (exact) mass is 418 g/mol. The van der Waals surface area contributed by atoms with E-state index in [1.54, 1.807) is 11.8 Å². The molecule has 5 nitrogen and oxygen atoms in total. The SMILES string of the molecule is CCCN1CCC(N2C[C@H](NCc3ccc(SC)cc3)C[C@H]2C(=O)NCC)CC1. The predicted molar refractivity (Wildman–Crippen MR) is 122 cm³/mol. The largest absolute Gasteiger partial charge is 0.355 e. The number of carbonyl (C=O) groups is 1. The molecule has 0 radical (unpaired) electrons. The van der Waals surface area contributed by atoms with Gasteiger partial charge in [-0.3, -0.25) is 9.69 Å². The van der Waals surface area contributed by atoms with E-state index in [0.29, 0.717) is 18.6 Å². The van der Waals surface area contributed by atoms with E-state index >= 15 is 0 Å². The maximum Gasteiger partial charge on any atom is 0.237 e. The number of likely N-dealkylation sites (tertiary alicyclic amines) is 2. The molecule has 2 atom stereocenters. The maximum atomic E-state index is 12.8. The average Bonchev–Trinajstić information content (AvgIpc) is 3.18. The van der Waals surface area contributed by atoms with E-state index in [9.17, 15) is 4.79 Å². The van der Waals surface area contributed by atoms with Crippen molar-refractivity contribution in [2.75, 3.05) is 39.0 Å². The minimum absolute atomic E-state index is 0.00837. The summed E-state index contributed by atoms with van der Waals surface area (Å²) in [6.07, 6.45) is 6.59. The number of hydrogen-bond donors (Lipinski definition) is 2. The number of rotatable bonds is 9. The Labute approximate surface area is 181 Å². The lowest BCUT2D eigenvalue weighted by Crippen LogP contribution is -2.51. The predicted octanol–water partition coefficient (Wildman–Crippen LogP) is 2.95. The molecule has 2 aliphatic rings. The first kappa shape index (κ1) is 22.6. The average molecular weight is 419 g/mol. The topological polar surface area (TPSA) is 47.6 Å². The van der Waals surface area contributed by atoms with Gasteiger partial charge in [0.2, 0.25) is 5.91 Å². The minimum atomic E-state index is 0.00837. The number of benzene rings is 1. The van der Waals surface area contributed by atoms with Gasteiger partial charge in [-0.25, -0.2) is 0 Å². The summed E-state index contributed by atoms with van der Waals surface area (Å²) in [6, 6.07) is 9.69. The van der Waals surface area contributed by atoms with Crippen LogP contribution in [-0.4, -0.2) is 72.8 Å². The van der Waals surface area contributed by atoms with E-state index in [2.05, 4.69) is 57.9 Å². The van der Waals surface area contributed by atoms with E-state index in [1.807, 2.05) is 6.92 Å². The zero-order chi connectivity index (χ0) is 20.6. The minimum Gasteiger partial charge on any atom is -0.355 e. The number of likely N-dealkylation sites (N-methyl/N-ethyl adjacent to an activating group) is 1. The molecule has 1 amide bonds. The first-order valence-electron chi connectivity index (χ1n) is 11.3. The Morgan fingerprint density at radius 1 is 1.17 bits per heavy atom. The van der Waals surface area contributed by atoms with Gasteiger partial charge in [-0.15, -0.1) is 11.8 Å². The van der Waals surface area contributed by atoms with Crippen LogP contribution >= 0.6 is 11.8 Å². The zero-order valence-corrected chi connectivity index (χ0v) is 19.1. The van der Waals surface area contributed by atoms with E-state index in [-0.39, 0.29) is 11.9 Å². The number of amides is 1. The Kier molecular flexibility index (Phi) is 8.85. The Morgan fingerprint density at radius 3 is 2.52 bits per heavy atom. The highest BCUT2D eigenvalue weighted by molar-refractivity contribution is 7.98. The fourth-order valence-corrected chi connectivity index (χ4v) is 5.17. The lowest BCUT2D eigenvalue weighted by atomic mass is 10.0. The molecule has 1 aromatic rings. The Hall–Kier alpha value is -1.08. The van der Waals surface area contributed by atoms with Crippen LogP contribution in [0.2, 0.25) is 0 Å². The summed E-state index contributed by atoms with van der Waals surface area (Å²) >= 11 is 1.77. The molecule has 2 aliphatic heterocycles. The van der Waals surface area contributed by atoms with Gasteiger partial charge in [-0.05, 0) is 76.2 Å². The van der Waals surface area contributed by atoms with Crippen molar-refractivity contribution in [3.63, 3.8) is 0 Å². The number of carbonyl (C=O) groups excluding carboxylic acids is 1. The number of nitrogens with one attached hydrogen (secondary N) is 2. The zero-order valence-electron chi connectivity index (χ0n) is 18.3. The fourth-order valence-electron chi connectivity index (χ4n) is 4.76. The summed E-state index contributed by atoms with van der Waals surface area (Å²) in [4.78, 5) is 19.1. The van der Waals surface area contributed by atoms with Crippen molar-refractivity contribution in [1.82, 2.24) is 20.4 Å². The number of hydrogen-bond acceptors (Lipinski definition) is 5. The molecule has 2 heterocycles. The van der Waals surface area contributed by atoms with Crippen molar-refractivity contribution >= 4 is 17.7 Å². The summed E-state index contributed by atoms with van der Waals surface area (Å²) in [5, 5.41) is 6.79. The second-order valence-corrected chi connectivity index (χ2v) is 9.22. The van der Waals surface area contributed by atoms with Gasteiger partial charge in [0.05, 0.1) is 6.04 Å². The lowest BCUT2D eigenvalue weighted by molar-refractivity contribution is -0.126. The van der Waals surface area contributed by atoms with Crippen LogP contribution in [0.3, 0.4) is 0 Å². The molecule has 0 spiro atoms. The molecule has 29 heavy (non-hydrogen) atoms. The van der Waals surface area contributed by atoms with Gasteiger partial charge in [-0.1, -0.05) is 19.1 Å². The van der Waals surface area contributed by atoms with Crippen LogP contribution < -0.4 is 10.6 Å². The first-order valence-corrected chi connectivity index (χ1v) is 12.5. The van der Waals surface area contributed by atoms with Crippen LogP contribution in [0, 0.1) is 0 Å².